The number of hydrogen-bond donors (Lipinski definition) is 2. The average molecular weight is 286 g/mol. The lowest BCUT2D eigenvalue weighted by Crippen LogP contribution is -2.24. The van der Waals surface area contributed by atoms with Crippen molar-refractivity contribution in [3.05, 3.63) is 40.6 Å². The summed E-state index contributed by atoms with van der Waals surface area (Å²) in [5.74, 6) is 0. The minimum Gasteiger partial charge on any atom is -0.379 e. The first-order chi connectivity index (χ1) is 10.3. The number of para-hydroxylation sites is 1. The molecule has 1 aromatic heterocycles. The van der Waals surface area contributed by atoms with Crippen molar-refractivity contribution in [3.8, 4) is 0 Å². The van der Waals surface area contributed by atoms with Gasteiger partial charge in [0.25, 0.3) is 0 Å². The van der Waals surface area contributed by atoms with Crippen molar-refractivity contribution in [3.63, 3.8) is 0 Å². The van der Waals surface area contributed by atoms with Gasteiger partial charge in [0.1, 0.15) is 11.9 Å². The highest BCUT2D eigenvalue weighted by Crippen LogP contribution is 2.31. The molecule has 1 saturated heterocycles. The number of nitro groups is 1. The zero-order chi connectivity index (χ0) is 14.7. The van der Waals surface area contributed by atoms with Gasteiger partial charge < -0.3 is 10.6 Å². The summed E-state index contributed by atoms with van der Waals surface area (Å²) in [5, 5.41) is 18.7. The van der Waals surface area contributed by atoms with Crippen LogP contribution in [0.1, 0.15) is 19.3 Å². The predicted molar refractivity (Wildman–Crippen MR) is 82.5 cm³/mol. The Balaban J connectivity index is 1.83. The van der Waals surface area contributed by atoms with Crippen molar-refractivity contribution in [2.75, 3.05) is 18.4 Å². The topological polar surface area (TPSA) is 80.1 Å². The van der Waals surface area contributed by atoms with E-state index in [4.69, 9.17) is 0 Å². The molecule has 1 aliphatic rings. The van der Waals surface area contributed by atoms with Crippen LogP contribution in [0, 0.1) is 10.1 Å². The Bertz CT molecular complexity index is 653. The van der Waals surface area contributed by atoms with E-state index in [1.54, 1.807) is 0 Å². The molecule has 1 atom stereocenters. The molecule has 0 amide bonds. The van der Waals surface area contributed by atoms with E-state index in [9.17, 15) is 10.1 Å². The van der Waals surface area contributed by atoms with Crippen LogP contribution in [0.25, 0.3) is 10.9 Å². The van der Waals surface area contributed by atoms with E-state index in [-0.39, 0.29) is 10.6 Å². The summed E-state index contributed by atoms with van der Waals surface area (Å²) in [4.78, 5) is 15.0. The lowest BCUT2D eigenvalue weighted by atomic mass is 10.1. The van der Waals surface area contributed by atoms with Gasteiger partial charge in [0.05, 0.1) is 10.4 Å². The fourth-order valence-corrected chi connectivity index (χ4v) is 2.83. The fourth-order valence-electron chi connectivity index (χ4n) is 2.83. The third-order valence-corrected chi connectivity index (χ3v) is 3.91. The van der Waals surface area contributed by atoms with Crippen molar-refractivity contribution in [2.24, 2.45) is 0 Å². The van der Waals surface area contributed by atoms with Crippen LogP contribution >= 0.6 is 0 Å². The lowest BCUT2D eigenvalue weighted by Gasteiger charge is -2.13. The second-order valence-corrected chi connectivity index (χ2v) is 5.30. The molecule has 21 heavy (non-hydrogen) atoms. The third-order valence-electron chi connectivity index (χ3n) is 3.91. The van der Waals surface area contributed by atoms with Crippen LogP contribution in [0.2, 0.25) is 0 Å². The Morgan fingerprint density at radius 3 is 3.05 bits per heavy atom. The number of aromatic nitrogens is 1. The Labute approximate surface area is 122 Å². The summed E-state index contributed by atoms with van der Waals surface area (Å²) in [6, 6.07) is 8.00. The van der Waals surface area contributed by atoms with Gasteiger partial charge in [0.2, 0.25) is 0 Å². The van der Waals surface area contributed by atoms with Gasteiger partial charge in [-0.2, -0.15) is 0 Å². The minimum absolute atomic E-state index is 0.0353. The van der Waals surface area contributed by atoms with Gasteiger partial charge in [-0.05, 0) is 31.9 Å². The molecule has 0 spiro atoms. The second-order valence-electron chi connectivity index (χ2n) is 5.30. The third kappa shape index (κ3) is 2.95. The summed E-state index contributed by atoms with van der Waals surface area (Å²) in [6.07, 6.45) is 4.69. The largest absolute Gasteiger partial charge is 0.379 e. The summed E-state index contributed by atoms with van der Waals surface area (Å²) in [6.45, 7) is 1.79. The molecular formula is C15H18N4O2. The number of fused-ring (bicyclic) bond motifs is 1. The zero-order valence-electron chi connectivity index (χ0n) is 11.7. The van der Waals surface area contributed by atoms with Crippen molar-refractivity contribution >= 4 is 22.3 Å². The highest BCUT2D eigenvalue weighted by molar-refractivity contribution is 5.95. The van der Waals surface area contributed by atoms with E-state index < -0.39 is 0 Å². The van der Waals surface area contributed by atoms with Crippen molar-refractivity contribution in [1.29, 1.82) is 0 Å². The van der Waals surface area contributed by atoms with E-state index in [0.29, 0.717) is 18.3 Å². The van der Waals surface area contributed by atoms with Crippen LogP contribution in [0.15, 0.2) is 30.5 Å². The summed E-state index contributed by atoms with van der Waals surface area (Å²) in [5.41, 5.74) is 1.38. The van der Waals surface area contributed by atoms with Gasteiger partial charge in [-0.15, -0.1) is 0 Å². The molecule has 0 radical (unpaired) electrons. The highest BCUT2D eigenvalue weighted by atomic mass is 16.6. The molecule has 0 saturated carbocycles. The number of benzene rings is 1. The summed E-state index contributed by atoms with van der Waals surface area (Å²) in [7, 11) is 0. The van der Waals surface area contributed by atoms with Crippen LogP contribution in [0.3, 0.4) is 0 Å². The molecule has 1 aliphatic heterocycles. The fraction of sp³-hybridized carbons (Fsp3) is 0.400. The molecule has 2 heterocycles. The first kappa shape index (κ1) is 13.8. The SMILES string of the molecule is O=[N+]([O-])c1cnc2ccccc2c1NCCC1CCCN1. The average Bonchev–Trinajstić information content (AvgIpc) is 3.00. The Morgan fingerprint density at radius 2 is 2.29 bits per heavy atom. The van der Waals surface area contributed by atoms with Crippen molar-refractivity contribution in [1.82, 2.24) is 10.3 Å². The molecule has 110 valence electrons. The molecule has 3 rings (SSSR count). The van der Waals surface area contributed by atoms with Gasteiger partial charge in [0.15, 0.2) is 0 Å². The van der Waals surface area contributed by atoms with Crippen molar-refractivity contribution in [2.45, 2.75) is 25.3 Å². The monoisotopic (exact) mass is 286 g/mol. The van der Waals surface area contributed by atoms with E-state index in [1.165, 1.54) is 19.0 Å². The van der Waals surface area contributed by atoms with Gasteiger partial charge in [-0.1, -0.05) is 18.2 Å². The first-order valence-corrected chi connectivity index (χ1v) is 7.25. The molecule has 2 N–H and O–H groups in total. The predicted octanol–water partition coefficient (Wildman–Crippen LogP) is 2.70. The normalized spacial score (nSPS) is 18.0. The lowest BCUT2D eigenvalue weighted by molar-refractivity contribution is -0.384. The smallest absolute Gasteiger partial charge is 0.311 e. The van der Waals surface area contributed by atoms with E-state index >= 15 is 0 Å². The van der Waals surface area contributed by atoms with Crippen molar-refractivity contribution < 1.29 is 4.92 Å². The number of anilines is 1. The van der Waals surface area contributed by atoms with Gasteiger partial charge in [0, 0.05) is 18.0 Å². The van der Waals surface area contributed by atoms with Gasteiger partial charge >= 0.3 is 5.69 Å². The number of pyridine rings is 1. The van der Waals surface area contributed by atoms with E-state index in [1.807, 2.05) is 24.3 Å². The highest BCUT2D eigenvalue weighted by Gasteiger charge is 2.19. The van der Waals surface area contributed by atoms with Crippen LogP contribution < -0.4 is 10.6 Å². The minimum atomic E-state index is -0.379. The Morgan fingerprint density at radius 1 is 1.43 bits per heavy atom. The van der Waals surface area contributed by atoms with Gasteiger partial charge in [-0.3, -0.25) is 10.1 Å². The molecule has 1 fully saturated rings. The molecule has 2 aromatic rings. The maximum Gasteiger partial charge on any atom is 0.311 e. The molecular weight excluding hydrogens is 268 g/mol. The van der Waals surface area contributed by atoms with Crippen LogP contribution in [0.5, 0.6) is 0 Å². The number of nitrogens with zero attached hydrogens (tertiary/aromatic N) is 2. The molecule has 1 aromatic carbocycles. The molecule has 0 bridgehead atoms. The molecule has 6 nitrogen and oxygen atoms in total. The van der Waals surface area contributed by atoms with E-state index in [0.717, 1.165) is 23.9 Å². The maximum absolute atomic E-state index is 11.2. The standard InChI is InChI=1S/C15H18N4O2/c20-19(21)14-10-18-13-6-2-1-5-12(13)15(14)17-9-7-11-4-3-8-16-11/h1-2,5-6,10-11,16H,3-4,7-9H2,(H,17,18). The molecule has 6 heteroatoms. The number of hydrogen-bond acceptors (Lipinski definition) is 5. The molecule has 1 unspecified atom stereocenters. The molecule has 0 aliphatic carbocycles. The summed E-state index contributed by atoms with van der Waals surface area (Å²) >= 11 is 0. The van der Waals surface area contributed by atoms with Gasteiger partial charge in [-0.25, -0.2) is 4.98 Å². The van der Waals surface area contributed by atoms with E-state index in [2.05, 4.69) is 15.6 Å². The zero-order valence-corrected chi connectivity index (χ0v) is 11.7. The summed E-state index contributed by atoms with van der Waals surface area (Å²) < 4.78 is 0. The number of nitrogens with one attached hydrogen (secondary N) is 2. The Kier molecular flexibility index (Phi) is 3.96. The second kappa shape index (κ2) is 6.05. The van der Waals surface area contributed by atoms with Crippen LogP contribution in [0.4, 0.5) is 11.4 Å². The Hall–Kier alpha value is -2.21. The van der Waals surface area contributed by atoms with Crippen LogP contribution in [-0.4, -0.2) is 29.0 Å². The first-order valence-electron chi connectivity index (χ1n) is 7.25. The quantitative estimate of drug-likeness (QED) is 0.652. The maximum atomic E-state index is 11.2. The van der Waals surface area contributed by atoms with Crippen LogP contribution in [-0.2, 0) is 0 Å². The number of rotatable bonds is 5.